The average Bonchev–Trinajstić information content (AvgIpc) is 2.49. The molecule has 0 bridgehead atoms. The highest BCUT2D eigenvalue weighted by molar-refractivity contribution is 5.91. The van der Waals surface area contributed by atoms with Gasteiger partial charge in [0.05, 0.1) is 11.7 Å². The number of aliphatic hydroxyl groups excluding tert-OH is 2. The molecular weight excluding hydrogens is 354 g/mol. The zero-order valence-electron chi connectivity index (χ0n) is 16.1. The number of esters is 1. The number of piperidine rings is 1. The van der Waals surface area contributed by atoms with E-state index >= 15 is 0 Å². The van der Waals surface area contributed by atoms with Crippen molar-refractivity contribution in [2.75, 3.05) is 6.54 Å². The summed E-state index contributed by atoms with van der Waals surface area (Å²) in [5, 5.41) is 48.4. The number of phenols is 3. The van der Waals surface area contributed by atoms with Crippen LogP contribution in [-0.2, 0) is 4.74 Å². The van der Waals surface area contributed by atoms with Crippen molar-refractivity contribution < 1.29 is 35.1 Å². The Morgan fingerprint density at radius 2 is 1.63 bits per heavy atom. The maximum atomic E-state index is 12.1. The Bertz CT molecular complexity index is 660. The SMILES string of the molecule is CC1(C)CC(O)CC(C)(C)N1CCC(O)OC(=O)c1cc(O)c(O)c(O)c1. The third-order valence-corrected chi connectivity index (χ3v) is 5.08. The van der Waals surface area contributed by atoms with Gasteiger partial charge in [-0.2, -0.15) is 0 Å². The molecule has 1 aromatic rings. The van der Waals surface area contributed by atoms with Crippen LogP contribution in [0.2, 0.25) is 0 Å². The summed E-state index contributed by atoms with van der Waals surface area (Å²) in [5.41, 5.74) is -0.748. The maximum absolute atomic E-state index is 12.1. The van der Waals surface area contributed by atoms with Crippen molar-refractivity contribution in [3.05, 3.63) is 17.7 Å². The molecule has 0 saturated carbocycles. The van der Waals surface area contributed by atoms with E-state index in [0.29, 0.717) is 19.4 Å². The summed E-state index contributed by atoms with van der Waals surface area (Å²) in [5.74, 6) is -2.98. The molecule has 152 valence electrons. The van der Waals surface area contributed by atoms with Crippen LogP contribution < -0.4 is 0 Å². The highest BCUT2D eigenvalue weighted by Gasteiger charge is 2.44. The number of rotatable bonds is 5. The van der Waals surface area contributed by atoms with Crippen molar-refractivity contribution in [1.82, 2.24) is 4.90 Å². The van der Waals surface area contributed by atoms with Crippen LogP contribution in [0.15, 0.2) is 12.1 Å². The quantitative estimate of drug-likeness (QED) is 0.295. The van der Waals surface area contributed by atoms with Crippen molar-refractivity contribution >= 4 is 5.97 Å². The lowest BCUT2D eigenvalue weighted by atomic mass is 9.78. The van der Waals surface area contributed by atoms with Gasteiger partial charge in [-0.25, -0.2) is 4.79 Å². The third-order valence-electron chi connectivity index (χ3n) is 5.08. The fourth-order valence-corrected chi connectivity index (χ4v) is 4.08. The lowest BCUT2D eigenvalue weighted by Gasteiger charge is -2.54. The van der Waals surface area contributed by atoms with Gasteiger partial charge >= 0.3 is 5.97 Å². The number of hydrogen-bond donors (Lipinski definition) is 5. The van der Waals surface area contributed by atoms with Crippen molar-refractivity contribution in [2.24, 2.45) is 0 Å². The second kappa shape index (κ2) is 7.53. The Morgan fingerprint density at radius 1 is 1.15 bits per heavy atom. The van der Waals surface area contributed by atoms with Crippen LogP contribution in [-0.4, -0.2) is 66.4 Å². The van der Waals surface area contributed by atoms with Gasteiger partial charge in [0.15, 0.2) is 17.2 Å². The Balaban J connectivity index is 1.99. The normalized spacial score (nSPS) is 21.0. The molecule has 2 rings (SSSR count). The van der Waals surface area contributed by atoms with Crippen LogP contribution in [0.1, 0.15) is 57.3 Å². The molecule has 1 heterocycles. The summed E-state index contributed by atoms with van der Waals surface area (Å²) < 4.78 is 4.97. The van der Waals surface area contributed by atoms with Gasteiger partial charge in [0.2, 0.25) is 6.29 Å². The van der Waals surface area contributed by atoms with Crippen LogP contribution in [0.3, 0.4) is 0 Å². The molecule has 1 aliphatic heterocycles. The lowest BCUT2D eigenvalue weighted by molar-refractivity contribution is -0.107. The number of carbonyl (C=O) groups excluding carboxylic acids is 1. The van der Waals surface area contributed by atoms with Gasteiger partial charge in [-0.3, -0.25) is 4.90 Å². The zero-order valence-corrected chi connectivity index (χ0v) is 16.1. The molecule has 8 nitrogen and oxygen atoms in total. The first-order valence-electron chi connectivity index (χ1n) is 8.93. The van der Waals surface area contributed by atoms with Gasteiger partial charge in [0.25, 0.3) is 0 Å². The van der Waals surface area contributed by atoms with E-state index in [-0.39, 0.29) is 29.2 Å². The van der Waals surface area contributed by atoms with Crippen molar-refractivity contribution in [2.45, 2.75) is 70.4 Å². The molecule has 8 heteroatoms. The van der Waals surface area contributed by atoms with Crippen molar-refractivity contribution in [1.29, 1.82) is 0 Å². The van der Waals surface area contributed by atoms with Crippen molar-refractivity contribution in [3.63, 3.8) is 0 Å². The molecule has 27 heavy (non-hydrogen) atoms. The second-order valence-corrected chi connectivity index (χ2v) is 8.35. The molecule has 0 amide bonds. The highest BCUT2D eigenvalue weighted by atomic mass is 16.6. The first-order valence-corrected chi connectivity index (χ1v) is 8.93. The largest absolute Gasteiger partial charge is 0.504 e. The number of aromatic hydroxyl groups is 3. The number of benzene rings is 1. The van der Waals surface area contributed by atoms with Crippen LogP contribution >= 0.6 is 0 Å². The third kappa shape index (κ3) is 4.82. The molecule has 0 spiro atoms. The molecule has 1 aliphatic rings. The Morgan fingerprint density at radius 3 is 2.11 bits per heavy atom. The first kappa shape index (κ1) is 21.3. The predicted octanol–water partition coefficient (Wildman–Crippen LogP) is 1.68. The van der Waals surface area contributed by atoms with Gasteiger partial charge in [-0.1, -0.05) is 0 Å². The molecule has 0 radical (unpaired) electrons. The lowest BCUT2D eigenvalue weighted by Crippen LogP contribution is -2.62. The molecule has 1 atom stereocenters. The zero-order chi connectivity index (χ0) is 20.6. The van der Waals surface area contributed by atoms with Gasteiger partial charge in [-0.15, -0.1) is 0 Å². The van der Waals surface area contributed by atoms with Gasteiger partial charge in [0, 0.05) is 24.0 Å². The summed E-state index contributed by atoms with van der Waals surface area (Å²) in [4.78, 5) is 14.3. The Hall–Kier alpha value is -2.03. The number of ether oxygens (including phenoxy) is 1. The fourth-order valence-electron chi connectivity index (χ4n) is 4.08. The Labute approximate surface area is 158 Å². The second-order valence-electron chi connectivity index (χ2n) is 8.35. The predicted molar refractivity (Wildman–Crippen MR) is 97.6 cm³/mol. The topological polar surface area (TPSA) is 131 Å². The van der Waals surface area contributed by atoms with E-state index < -0.39 is 29.5 Å². The molecule has 1 fully saturated rings. The van der Waals surface area contributed by atoms with E-state index in [9.17, 15) is 30.3 Å². The number of hydrogen-bond acceptors (Lipinski definition) is 8. The summed E-state index contributed by atoms with van der Waals surface area (Å²) in [6, 6.07) is 1.89. The number of likely N-dealkylation sites (tertiary alicyclic amines) is 1. The minimum absolute atomic E-state index is 0.157. The first-order chi connectivity index (χ1) is 12.3. The van der Waals surface area contributed by atoms with Gasteiger partial charge < -0.3 is 30.3 Å². The minimum Gasteiger partial charge on any atom is -0.504 e. The summed E-state index contributed by atoms with van der Waals surface area (Å²) in [6.45, 7) is 8.55. The van der Waals surface area contributed by atoms with Crippen molar-refractivity contribution in [3.8, 4) is 17.2 Å². The van der Waals surface area contributed by atoms with E-state index in [2.05, 4.69) is 4.90 Å². The number of nitrogens with zero attached hydrogens (tertiary/aromatic N) is 1. The molecule has 5 N–H and O–H groups in total. The van der Waals surface area contributed by atoms with Gasteiger partial charge in [0.1, 0.15) is 0 Å². The average molecular weight is 383 g/mol. The molecular formula is C19H29NO7. The number of phenolic OH excluding ortho intramolecular Hbond substituents is 3. The van der Waals surface area contributed by atoms with Crippen LogP contribution in [0.25, 0.3) is 0 Å². The molecule has 1 saturated heterocycles. The number of carbonyl (C=O) groups is 1. The van der Waals surface area contributed by atoms with E-state index in [4.69, 9.17) is 4.74 Å². The highest BCUT2D eigenvalue weighted by Crippen LogP contribution is 2.39. The molecule has 1 aromatic carbocycles. The monoisotopic (exact) mass is 383 g/mol. The van der Waals surface area contributed by atoms with E-state index in [1.54, 1.807) is 0 Å². The van der Waals surface area contributed by atoms with E-state index in [1.807, 2.05) is 27.7 Å². The summed E-state index contributed by atoms with van der Waals surface area (Å²) >= 11 is 0. The molecule has 0 aliphatic carbocycles. The summed E-state index contributed by atoms with van der Waals surface area (Å²) in [7, 11) is 0. The Kier molecular flexibility index (Phi) is 5.94. The maximum Gasteiger partial charge on any atom is 0.340 e. The molecule has 1 unspecified atom stereocenters. The van der Waals surface area contributed by atoms with E-state index in [0.717, 1.165) is 12.1 Å². The fraction of sp³-hybridized carbons (Fsp3) is 0.632. The number of aliphatic hydroxyl groups is 2. The summed E-state index contributed by atoms with van der Waals surface area (Å²) in [6.07, 6.45) is -0.389. The van der Waals surface area contributed by atoms with E-state index in [1.165, 1.54) is 0 Å². The van der Waals surface area contributed by atoms with Gasteiger partial charge in [-0.05, 0) is 52.7 Å². The van der Waals surface area contributed by atoms with Crippen LogP contribution in [0.5, 0.6) is 17.2 Å². The minimum atomic E-state index is -1.38. The standard InChI is InChI=1S/C19H29NO7/c1-18(2)9-12(21)10-19(3,4)20(18)6-5-15(24)27-17(26)11-7-13(22)16(25)14(23)8-11/h7-8,12,15,21-25H,5-6,9-10H2,1-4H3. The van der Waals surface area contributed by atoms with Crippen LogP contribution in [0, 0.1) is 0 Å². The smallest absolute Gasteiger partial charge is 0.340 e. The molecule has 0 aromatic heterocycles. The van der Waals surface area contributed by atoms with Crippen LogP contribution in [0.4, 0.5) is 0 Å².